The number of ketones is 1. The average molecular weight is 447 g/mol. The highest BCUT2D eigenvalue weighted by Crippen LogP contribution is 2.61. The third-order valence-corrected chi connectivity index (χ3v) is 7.23. The Morgan fingerprint density at radius 2 is 2.00 bits per heavy atom. The van der Waals surface area contributed by atoms with Crippen LogP contribution in [0.5, 0.6) is 0 Å². The fourth-order valence-electron chi connectivity index (χ4n) is 5.65. The Morgan fingerprint density at radius 1 is 1.20 bits per heavy atom. The molecule has 0 unspecified atom stereocenters. The summed E-state index contributed by atoms with van der Waals surface area (Å²) in [5, 5.41) is 3.12. The standard InChI is InChI=1S/C22H17Cl2FN2O3/c23-11-7-8-13-15(9-11)26-21(30)22(13)19(12-3-1-4-14(24)20(12)25)18-16(27(22)10-28)5-2-6-17(18)29/h1,3-4,7-10,16,18-19H,2,5-6H2,(H,26,30)/t16-,18-,19-,22+/m0/s1. The summed E-state index contributed by atoms with van der Waals surface area (Å²) in [7, 11) is 0. The molecule has 1 saturated carbocycles. The number of Topliss-reactive ketones (excluding diaryl/α,β-unsaturated/α-hetero) is 1. The molecule has 30 heavy (non-hydrogen) atoms. The number of rotatable bonds is 2. The first-order valence-electron chi connectivity index (χ1n) is 9.73. The van der Waals surface area contributed by atoms with Crippen LogP contribution in [0.1, 0.15) is 36.3 Å². The van der Waals surface area contributed by atoms with Crippen molar-refractivity contribution in [3.05, 3.63) is 63.4 Å². The van der Waals surface area contributed by atoms with Crippen molar-refractivity contribution in [3.8, 4) is 0 Å². The third kappa shape index (κ3) is 2.38. The Hall–Kier alpha value is -2.44. The fraction of sp³-hybridized carbons (Fsp3) is 0.318. The first kappa shape index (κ1) is 19.5. The molecule has 0 radical (unpaired) electrons. The normalized spacial score (nSPS) is 29.7. The summed E-state index contributed by atoms with van der Waals surface area (Å²) in [6.45, 7) is 0. The van der Waals surface area contributed by atoms with Crippen molar-refractivity contribution in [2.75, 3.05) is 5.32 Å². The molecule has 3 aliphatic rings. The molecule has 5 nitrogen and oxygen atoms in total. The quantitative estimate of drug-likeness (QED) is 0.700. The van der Waals surface area contributed by atoms with Gasteiger partial charge in [-0.1, -0.05) is 41.4 Å². The van der Waals surface area contributed by atoms with Crippen molar-refractivity contribution < 1.29 is 18.8 Å². The maximum atomic E-state index is 15.3. The fourth-order valence-corrected chi connectivity index (χ4v) is 6.00. The molecule has 154 valence electrons. The van der Waals surface area contributed by atoms with Crippen LogP contribution in [0.25, 0.3) is 0 Å². The number of benzene rings is 2. The summed E-state index contributed by atoms with van der Waals surface area (Å²) in [5.41, 5.74) is -0.425. The van der Waals surface area contributed by atoms with Crippen LogP contribution in [0, 0.1) is 11.7 Å². The minimum atomic E-state index is -1.55. The van der Waals surface area contributed by atoms with Crippen molar-refractivity contribution >= 4 is 47.0 Å². The van der Waals surface area contributed by atoms with Gasteiger partial charge in [0, 0.05) is 40.6 Å². The van der Waals surface area contributed by atoms with E-state index in [2.05, 4.69) is 5.32 Å². The van der Waals surface area contributed by atoms with Crippen LogP contribution >= 0.6 is 23.2 Å². The van der Waals surface area contributed by atoms with Crippen LogP contribution in [0.2, 0.25) is 10.0 Å². The predicted octanol–water partition coefficient (Wildman–Crippen LogP) is 4.27. The van der Waals surface area contributed by atoms with Gasteiger partial charge in [-0.25, -0.2) is 4.39 Å². The van der Waals surface area contributed by atoms with Gasteiger partial charge < -0.3 is 10.2 Å². The molecule has 2 aromatic carbocycles. The molecule has 5 rings (SSSR count). The average Bonchev–Trinajstić information content (AvgIpc) is 3.17. The van der Waals surface area contributed by atoms with E-state index >= 15 is 4.39 Å². The summed E-state index contributed by atoms with van der Waals surface area (Å²) in [6.07, 6.45) is 2.12. The first-order valence-corrected chi connectivity index (χ1v) is 10.5. The number of hydrogen-bond donors (Lipinski definition) is 1. The summed E-state index contributed by atoms with van der Waals surface area (Å²) in [4.78, 5) is 40.4. The van der Waals surface area contributed by atoms with Gasteiger partial charge >= 0.3 is 0 Å². The number of carbonyl (C=O) groups is 3. The van der Waals surface area contributed by atoms with Gasteiger partial charge in [-0.3, -0.25) is 14.4 Å². The van der Waals surface area contributed by atoms with E-state index in [9.17, 15) is 14.4 Å². The second-order valence-corrected chi connectivity index (χ2v) is 8.84. The Balaban J connectivity index is 1.85. The number of halogens is 3. The van der Waals surface area contributed by atoms with Crippen LogP contribution < -0.4 is 5.32 Å². The maximum absolute atomic E-state index is 15.3. The highest BCUT2D eigenvalue weighted by Gasteiger charge is 2.68. The summed E-state index contributed by atoms with van der Waals surface area (Å²) in [5.74, 6) is -2.83. The lowest BCUT2D eigenvalue weighted by atomic mass is 9.68. The molecule has 2 fully saturated rings. The molecule has 2 heterocycles. The second-order valence-electron chi connectivity index (χ2n) is 8.00. The van der Waals surface area contributed by atoms with Crippen LogP contribution in [0.3, 0.4) is 0 Å². The van der Waals surface area contributed by atoms with E-state index in [0.29, 0.717) is 41.9 Å². The van der Waals surface area contributed by atoms with Crippen LogP contribution in [0.4, 0.5) is 10.1 Å². The van der Waals surface area contributed by atoms with Crippen molar-refractivity contribution in [2.24, 2.45) is 5.92 Å². The molecule has 2 amide bonds. The number of nitrogens with zero attached hydrogens (tertiary/aromatic N) is 1. The highest BCUT2D eigenvalue weighted by molar-refractivity contribution is 6.31. The zero-order valence-corrected chi connectivity index (χ0v) is 17.2. The van der Waals surface area contributed by atoms with Gasteiger partial charge in [0.05, 0.1) is 5.02 Å². The number of anilines is 1. The molecule has 2 aliphatic heterocycles. The smallest absolute Gasteiger partial charge is 0.255 e. The number of likely N-dealkylation sites (tertiary alicyclic amines) is 1. The molecule has 0 bridgehead atoms. The SMILES string of the molecule is O=CN1[C@H]2CCCC(=O)[C@H]2[C@H](c2cccc(Cl)c2F)[C@]12C(=O)Nc1cc(Cl)ccc12. The predicted molar refractivity (Wildman–Crippen MR) is 110 cm³/mol. The van der Waals surface area contributed by atoms with E-state index in [-0.39, 0.29) is 16.4 Å². The van der Waals surface area contributed by atoms with Gasteiger partial charge in [0.15, 0.2) is 5.54 Å². The van der Waals surface area contributed by atoms with Gasteiger partial charge in [-0.15, -0.1) is 0 Å². The molecule has 1 aliphatic carbocycles. The van der Waals surface area contributed by atoms with Crippen LogP contribution in [0.15, 0.2) is 36.4 Å². The summed E-state index contributed by atoms with van der Waals surface area (Å²) < 4.78 is 15.3. The van der Waals surface area contributed by atoms with E-state index in [1.54, 1.807) is 30.3 Å². The molecular formula is C22H17Cl2FN2O3. The van der Waals surface area contributed by atoms with Crippen molar-refractivity contribution in [1.82, 2.24) is 4.90 Å². The van der Waals surface area contributed by atoms with Crippen molar-refractivity contribution in [2.45, 2.75) is 36.8 Å². The Bertz CT molecular complexity index is 1110. The topological polar surface area (TPSA) is 66.5 Å². The molecule has 1 spiro atoms. The van der Waals surface area contributed by atoms with E-state index in [1.165, 1.54) is 11.0 Å². The Kier molecular flexibility index (Phi) is 4.42. The third-order valence-electron chi connectivity index (χ3n) is 6.70. The lowest BCUT2D eigenvalue weighted by molar-refractivity contribution is -0.137. The van der Waals surface area contributed by atoms with Crippen LogP contribution in [-0.4, -0.2) is 29.0 Å². The van der Waals surface area contributed by atoms with Crippen molar-refractivity contribution in [1.29, 1.82) is 0 Å². The van der Waals surface area contributed by atoms with Gasteiger partial charge in [-0.2, -0.15) is 0 Å². The van der Waals surface area contributed by atoms with Crippen molar-refractivity contribution in [3.63, 3.8) is 0 Å². The van der Waals surface area contributed by atoms with Gasteiger partial charge in [0.1, 0.15) is 11.6 Å². The molecule has 1 saturated heterocycles. The number of carbonyl (C=O) groups excluding carboxylic acids is 3. The highest BCUT2D eigenvalue weighted by atomic mass is 35.5. The lowest BCUT2D eigenvalue weighted by Crippen LogP contribution is -2.51. The van der Waals surface area contributed by atoms with Gasteiger partial charge in [0.25, 0.3) is 5.91 Å². The van der Waals surface area contributed by atoms with E-state index in [0.717, 1.165) is 0 Å². The van der Waals surface area contributed by atoms with E-state index in [4.69, 9.17) is 23.2 Å². The minimum Gasteiger partial charge on any atom is -0.323 e. The molecule has 1 N–H and O–H groups in total. The number of nitrogens with one attached hydrogen (secondary N) is 1. The van der Waals surface area contributed by atoms with E-state index < -0.39 is 35.1 Å². The molecule has 8 heteroatoms. The Labute approximate surface area is 182 Å². The largest absolute Gasteiger partial charge is 0.323 e. The van der Waals surface area contributed by atoms with Crippen LogP contribution in [-0.2, 0) is 19.9 Å². The zero-order valence-electron chi connectivity index (χ0n) is 15.7. The molecule has 0 aromatic heterocycles. The van der Waals surface area contributed by atoms with Gasteiger partial charge in [0.2, 0.25) is 6.41 Å². The minimum absolute atomic E-state index is 0.0745. The molecular weight excluding hydrogens is 430 g/mol. The Morgan fingerprint density at radius 3 is 2.77 bits per heavy atom. The first-order chi connectivity index (χ1) is 14.4. The maximum Gasteiger partial charge on any atom is 0.255 e. The monoisotopic (exact) mass is 446 g/mol. The lowest BCUT2D eigenvalue weighted by Gasteiger charge is -2.37. The number of fused-ring (bicyclic) bond motifs is 3. The summed E-state index contributed by atoms with van der Waals surface area (Å²) in [6, 6.07) is 8.95. The number of hydrogen-bond acceptors (Lipinski definition) is 3. The molecule has 2 aromatic rings. The zero-order chi connectivity index (χ0) is 21.2. The second kappa shape index (κ2) is 6.79. The van der Waals surface area contributed by atoms with E-state index in [1.807, 2.05) is 0 Å². The molecule has 4 atom stereocenters. The number of amides is 2. The summed E-state index contributed by atoms with van der Waals surface area (Å²) >= 11 is 12.2. The van der Waals surface area contributed by atoms with Gasteiger partial charge in [-0.05, 0) is 36.6 Å².